The quantitative estimate of drug-likeness (QED) is 0.253. The highest BCUT2D eigenvalue weighted by Crippen LogP contribution is 2.47. The molecule has 0 aliphatic carbocycles. The van der Waals surface area contributed by atoms with Gasteiger partial charge in [0.25, 0.3) is 11.6 Å². The Morgan fingerprint density at radius 1 is 1.09 bits per heavy atom. The average Bonchev–Trinajstić information content (AvgIpc) is 3.39. The Kier molecular flexibility index (Phi) is 5.62. The summed E-state index contributed by atoms with van der Waals surface area (Å²) in [7, 11) is 0. The van der Waals surface area contributed by atoms with Gasteiger partial charge in [-0.25, -0.2) is 0 Å². The van der Waals surface area contributed by atoms with Crippen molar-refractivity contribution in [3.05, 3.63) is 104 Å². The van der Waals surface area contributed by atoms with E-state index in [1.165, 1.54) is 6.07 Å². The van der Waals surface area contributed by atoms with Crippen molar-refractivity contribution in [2.24, 2.45) is 0 Å². The fraction of sp³-hybridized carbons (Fsp3) is 0.120. The molecule has 0 saturated heterocycles. The molecule has 0 bridgehead atoms. The van der Waals surface area contributed by atoms with E-state index in [-0.39, 0.29) is 11.6 Å². The van der Waals surface area contributed by atoms with Crippen LogP contribution < -0.4 is 9.64 Å². The van der Waals surface area contributed by atoms with Crippen molar-refractivity contribution in [1.82, 2.24) is 10.2 Å². The zero-order chi connectivity index (χ0) is 23.8. The van der Waals surface area contributed by atoms with Gasteiger partial charge < -0.3 is 4.74 Å². The largest absolute Gasteiger partial charge is 0.494 e. The molecular weight excluding hydrogens is 500 g/mol. The minimum Gasteiger partial charge on any atom is -0.494 e. The molecule has 1 aromatic heterocycles. The third-order valence-corrected chi connectivity index (χ3v) is 6.27. The fourth-order valence-electron chi connectivity index (χ4n) is 4.29. The summed E-state index contributed by atoms with van der Waals surface area (Å²) in [5.41, 5.74) is 3.23. The van der Waals surface area contributed by atoms with Crippen LogP contribution in [0.5, 0.6) is 5.75 Å². The maximum Gasteiger partial charge on any atom is 0.277 e. The Labute approximate surface area is 203 Å². The molecule has 3 aromatic carbocycles. The summed E-state index contributed by atoms with van der Waals surface area (Å²) in [6.45, 7) is 2.46. The standard InChI is InChI=1S/C25H19BrN4O4/c1-2-34-18-13-7-15(8-14-18)22-21-23(28-27-22)25(31)29(17-11-9-16(26)10-12-17)24(21)19-5-3-4-6-20(19)30(32)33/h3-14,24H,2H2,1H3,(H,27,28)/t24-/m0/s1. The first-order valence-corrected chi connectivity index (χ1v) is 11.4. The first-order chi connectivity index (χ1) is 16.5. The molecule has 170 valence electrons. The van der Waals surface area contributed by atoms with Crippen molar-refractivity contribution >= 4 is 33.2 Å². The Bertz CT molecular complexity index is 1380. The van der Waals surface area contributed by atoms with Gasteiger partial charge in [0.1, 0.15) is 11.4 Å². The van der Waals surface area contributed by atoms with Gasteiger partial charge in [-0.05, 0) is 61.5 Å². The number of amides is 1. The monoisotopic (exact) mass is 518 g/mol. The SMILES string of the molecule is CCOc1ccc(-c2n[nH]c3c2[C@H](c2ccccc2[N+](=O)[O-])N(c2ccc(Br)cc2)C3=O)cc1. The summed E-state index contributed by atoms with van der Waals surface area (Å²) in [5.74, 6) is 0.423. The summed E-state index contributed by atoms with van der Waals surface area (Å²) >= 11 is 3.42. The molecule has 1 aliphatic rings. The summed E-state index contributed by atoms with van der Waals surface area (Å²) in [4.78, 5) is 26.7. The molecule has 1 N–H and O–H groups in total. The topological polar surface area (TPSA) is 101 Å². The van der Waals surface area contributed by atoms with Crippen molar-refractivity contribution < 1.29 is 14.5 Å². The predicted octanol–water partition coefficient (Wildman–Crippen LogP) is 5.90. The number of carbonyl (C=O) groups excluding carboxylic acids is 1. The van der Waals surface area contributed by atoms with Gasteiger partial charge in [0, 0.05) is 27.4 Å². The highest BCUT2D eigenvalue weighted by atomic mass is 79.9. The number of nitro groups is 1. The first kappa shape index (κ1) is 21.8. The second kappa shape index (κ2) is 8.75. The van der Waals surface area contributed by atoms with Crippen molar-refractivity contribution in [2.75, 3.05) is 11.5 Å². The molecule has 5 rings (SSSR count). The summed E-state index contributed by atoms with van der Waals surface area (Å²) in [6.07, 6.45) is 0. The summed E-state index contributed by atoms with van der Waals surface area (Å²) in [5, 5.41) is 19.2. The van der Waals surface area contributed by atoms with E-state index in [2.05, 4.69) is 26.1 Å². The van der Waals surface area contributed by atoms with Gasteiger partial charge in [0.05, 0.1) is 28.8 Å². The van der Waals surface area contributed by atoms with Crippen LogP contribution in [0.4, 0.5) is 11.4 Å². The molecule has 0 unspecified atom stereocenters. The number of hydrogen-bond acceptors (Lipinski definition) is 5. The molecule has 1 aliphatic heterocycles. The number of carbonyl (C=O) groups is 1. The van der Waals surface area contributed by atoms with E-state index in [9.17, 15) is 14.9 Å². The number of ether oxygens (including phenoxy) is 1. The maximum atomic E-state index is 13.6. The lowest BCUT2D eigenvalue weighted by Crippen LogP contribution is -2.29. The number of para-hydroxylation sites is 1. The van der Waals surface area contributed by atoms with E-state index in [0.717, 1.165) is 15.8 Å². The molecule has 0 fully saturated rings. The van der Waals surface area contributed by atoms with E-state index in [0.29, 0.717) is 34.8 Å². The van der Waals surface area contributed by atoms with Crippen LogP contribution in [0.1, 0.15) is 34.6 Å². The molecule has 0 radical (unpaired) electrons. The van der Waals surface area contributed by atoms with E-state index < -0.39 is 11.0 Å². The van der Waals surface area contributed by atoms with Gasteiger partial charge in [-0.15, -0.1) is 0 Å². The molecule has 0 spiro atoms. The number of rotatable bonds is 6. The zero-order valence-electron chi connectivity index (χ0n) is 18.1. The van der Waals surface area contributed by atoms with E-state index >= 15 is 0 Å². The Balaban J connectivity index is 1.71. The number of fused-ring (bicyclic) bond motifs is 1. The van der Waals surface area contributed by atoms with Crippen LogP contribution in [0.2, 0.25) is 0 Å². The number of halogens is 1. The van der Waals surface area contributed by atoms with Crippen LogP contribution in [0, 0.1) is 10.1 Å². The first-order valence-electron chi connectivity index (χ1n) is 10.6. The van der Waals surface area contributed by atoms with Crippen LogP contribution >= 0.6 is 15.9 Å². The number of H-pyrrole nitrogens is 1. The van der Waals surface area contributed by atoms with Gasteiger partial charge in [-0.2, -0.15) is 5.10 Å². The van der Waals surface area contributed by atoms with Crippen LogP contribution in [-0.4, -0.2) is 27.6 Å². The van der Waals surface area contributed by atoms with Gasteiger partial charge >= 0.3 is 0 Å². The van der Waals surface area contributed by atoms with E-state index in [1.54, 1.807) is 35.2 Å². The van der Waals surface area contributed by atoms with Gasteiger partial charge in [0.15, 0.2) is 0 Å². The Morgan fingerprint density at radius 2 is 1.79 bits per heavy atom. The predicted molar refractivity (Wildman–Crippen MR) is 131 cm³/mol. The molecule has 1 atom stereocenters. The van der Waals surface area contributed by atoms with Crippen LogP contribution in [0.25, 0.3) is 11.3 Å². The number of aromatic nitrogens is 2. The van der Waals surface area contributed by atoms with Crippen LogP contribution in [0.15, 0.2) is 77.3 Å². The molecule has 1 amide bonds. The second-order valence-corrected chi connectivity index (χ2v) is 8.60. The summed E-state index contributed by atoms with van der Waals surface area (Å²) in [6, 6.07) is 20.4. The second-order valence-electron chi connectivity index (χ2n) is 7.69. The normalized spacial score (nSPS) is 14.8. The average molecular weight is 519 g/mol. The number of nitrogens with one attached hydrogen (secondary N) is 1. The smallest absolute Gasteiger partial charge is 0.277 e. The summed E-state index contributed by atoms with van der Waals surface area (Å²) < 4.78 is 6.40. The molecule has 0 saturated carbocycles. The Morgan fingerprint density at radius 3 is 2.47 bits per heavy atom. The lowest BCUT2D eigenvalue weighted by atomic mass is 9.94. The van der Waals surface area contributed by atoms with Crippen LogP contribution in [-0.2, 0) is 0 Å². The fourth-order valence-corrected chi connectivity index (χ4v) is 4.55. The molecule has 8 nitrogen and oxygen atoms in total. The molecule has 4 aromatic rings. The zero-order valence-corrected chi connectivity index (χ0v) is 19.7. The molecule has 34 heavy (non-hydrogen) atoms. The van der Waals surface area contributed by atoms with Crippen molar-refractivity contribution in [3.63, 3.8) is 0 Å². The van der Waals surface area contributed by atoms with Crippen molar-refractivity contribution in [3.8, 4) is 17.0 Å². The van der Waals surface area contributed by atoms with Gasteiger partial charge in [-0.1, -0.05) is 28.1 Å². The third kappa shape index (κ3) is 3.63. The highest BCUT2D eigenvalue weighted by Gasteiger charge is 2.45. The molecule has 9 heteroatoms. The molecular formula is C25H19BrN4O4. The lowest BCUT2D eigenvalue weighted by molar-refractivity contribution is -0.385. The minimum atomic E-state index is -0.731. The third-order valence-electron chi connectivity index (χ3n) is 5.74. The number of aromatic amines is 1. The van der Waals surface area contributed by atoms with Crippen molar-refractivity contribution in [1.29, 1.82) is 0 Å². The van der Waals surface area contributed by atoms with Gasteiger partial charge in [-0.3, -0.25) is 24.9 Å². The lowest BCUT2D eigenvalue weighted by Gasteiger charge is -2.26. The number of benzene rings is 3. The van der Waals surface area contributed by atoms with Crippen molar-refractivity contribution in [2.45, 2.75) is 13.0 Å². The minimum absolute atomic E-state index is 0.0610. The van der Waals surface area contributed by atoms with E-state index in [4.69, 9.17) is 4.74 Å². The highest BCUT2D eigenvalue weighted by molar-refractivity contribution is 9.10. The van der Waals surface area contributed by atoms with Gasteiger partial charge in [0.2, 0.25) is 0 Å². The van der Waals surface area contributed by atoms with Crippen LogP contribution in [0.3, 0.4) is 0 Å². The number of anilines is 1. The number of nitro benzene ring substituents is 1. The number of nitrogens with zero attached hydrogens (tertiary/aromatic N) is 3. The number of hydrogen-bond donors (Lipinski definition) is 1. The Hall–Kier alpha value is -3.98. The molecule has 2 heterocycles. The maximum absolute atomic E-state index is 13.6. The van der Waals surface area contributed by atoms with E-state index in [1.807, 2.05) is 43.3 Å².